The first kappa shape index (κ1) is 10.8. The van der Waals surface area contributed by atoms with Gasteiger partial charge in [0.2, 0.25) is 0 Å². The Morgan fingerprint density at radius 3 is 2.82 bits per heavy atom. The topological polar surface area (TPSA) is 20.3 Å². The van der Waals surface area contributed by atoms with E-state index in [1.807, 2.05) is 0 Å². The lowest BCUT2D eigenvalue weighted by molar-refractivity contribution is -0.117. The lowest BCUT2D eigenvalue weighted by Gasteiger charge is -2.27. The maximum Gasteiger partial charge on any atom is 0.131 e. The molecule has 0 aromatic heterocycles. The van der Waals surface area contributed by atoms with E-state index in [4.69, 9.17) is 0 Å². The molecule has 1 aromatic carbocycles. The van der Waals surface area contributed by atoms with Crippen LogP contribution >= 0.6 is 0 Å². The molecule has 0 bridgehead atoms. The maximum atomic E-state index is 11.4. The minimum absolute atomic E-state index is 0.309. The maximum absolute atomic E-state index is 11.4. The number of carbonyl (C=O) groups excluding carboxylic acids is 1. The van der Waals surface area contributed by atoms with Crippen molar-refractivity contribution in [3.05, 3.63) is 29.8 Å². The fourth-order valence-electron chi connectivity index (χ4n) is 2.86. The minimum atomic E-state index is 0.309. The van der Waals surface area contributed by atoms with Gasteiger partial charge >= 0.3 is 0 Å². The van der Waals surface area contributed by atoms with E-state index in [0.29, 0.717) is 18.2 Å². The molecule has 1 aliphatic carbocycles. The number of Topliss-reactive ketones (excluding diaryl/α,β-unsaturated/α-hetero) is 1. The van der Waals surface area contributed by atoms with Gasteiger partial charge in [0.05, 0.1) is 0 Å². The molecular formula is C15H19NO. The first-order valence-corrected chi connectivity index (χ1v) is 6.58. The van der Waals surface area contributed by atoms with Gasteiger partial charge in [-0.1, -0.05) is 18.2 Å². The quantitative estimate of drug-likeness (QED) is 0.791. The summed E-state index contributed by atoms with van der Waals surface area (Å²) in [6, 6.07) is 9.03. The molecule has 1 atom stereocenters. The Labute approximate surface area is 103 Å². The second kappa shape index (κ2) is 4.17. The monoisotopic (exact) mass is 229 g/mol. The van der Waals surface area contributed by atoms with E-state index in [1.54, 1.807) is 6.92 Å². The van der Waals surface area contributed by atoms with Gasteiger partial charge in [-0.05, 0) is 43.7 Å². The van der Waals surface area contributed by atoms with Gasteiger partial charge in [-0.15, -0.1) is 0 Å². The molecule has 1 unspecified atom stereocenters. The second-order valence-electron chi connectivity index (χ2n) is 5.49. The zero-order valence-electron chi connectivity index (χ0n) is 10.4. The molecule has 0 saturated heterocycles. The standard InChI is InChI=1S/C15H19NO/c1-11(17)8-14-9-13-4-2-3-5-15(13)16(14)10-12-6-7-12/h2-5,12,14H,6-10H2,1H3. The van der Waals surface area contributed by atoms with Gasteiger partial charge in [-0.25, -0.2) is 0 Å². The Hall–Kier alpha value is -1.31. The van der Waals surface area contributed by atoms with Crippen LogP contribution in [-0.2, 0) is 11.2 Å². The van der Waals surface area contributed by atoms with Crippen LogP contribution in [0, 0.1) is 5.92 Å². The van der Waals surface area contributed by atoms with Gasteiger partial charge < -0.3 is 4.90 Å². The molecule has 2 nitrogen and oxygen atoms in total. The Kier molecular flexibility index (Phi) is 2.65. The fraction of sp³-hybridized carbons (Fsp3) is 0.533. The third-order valence-corrected chi connectivity index (χ3v) is 3.87. The third-order valence-electron chi connectivity index (χ3n) is 3.87. The second-order valence-corrected chi connectivity index (χ2v) is 5.49. The summed E-state index contributed by atoms with van der Waals surface area (Å²) >= 11 is 0. The SMILES string of the molecule is CC(=O)CC1Cc2ccccc2N1CC1CC1. The molecule has 1 heterocycles. The number of nitrogens with zero attached hydrogens (tertiary/aromatic N) is 1. The zero-order chi connectivity index (χ0) is 11.8. The molecule has 0 amide bonds. The van der Waals surface area contributed by atoms with Gasteiger partial charge in [0, 0.05) is 24.7 Å². The number of anilines is 1. The van der Waals surface area contributed by atoms with Crippen molar-refractivity contribution in [3.63, 3.8) is 0 Å². The van der Waals surface area contributed by atoms with Gasteiger partial charge in [0.1, 0.15) is 5.78 Å². The normalized spacial score (nSPS) is 22.6. The van der Waals surface area contributed by atoms with Gasteiger partial charge in [-0.2, -0.15) is 0 Å². The summed E-state index contributed by atoms with van der Waals surface area (Å²) in [5.41, 5.74) is 2.78. The van der Waals surface area contributed by atoms with Crippen molar-refractivity contribution in [3.8, 4) is 0 Å². The van der Waals surface area contributed by atoms with Crippen molar-refractivity contribution in [2.24, 2.45) is 5.92 Å². The van der Waals surface area contributed by atoms with E-state index >= 15 is 0 Å². The van der Waals surface area contributed by atoms with Crippen LogP contribution in [0.2, 0.25) is 0 Å². The van der Waals surface area contributed by atoms with E-state index in [0.717, 1.165) is 18.9 Å². The predicted octanol–water partition coefficient (Wildman–Crippen LogP) is 2.81. The Morgan fingerprint density at radius 1 is 1.35 bits per heavy atom. The number of rotatable bonds is 4. The van der Waals surface area contributed by atoms with Crippen LogP contribution in [0.3, 0.4) is 0 Å². The van der Waals surface area contributed by atoms with Crippen LogP contribution in [-0.4, -0.2) is 18.4 Å². The first-order valence-electron chi connectivity index (χ1n) is 6.58. The lowest BCUT2D eigenvalue weighted by atomic mass is 10.1. The van der Waals surface area contributed by atoms with E-state index in [9.17, 15) is 4.79 Å². The smallest absolute Gasteiger partial charge is 0.131 e. The molecule has 1 aromatic rings. The predicted molar refractivity (Wildman–Crippen MR) is 69.3 cm³/mol. The molecule has 0 radical (unpaired) electrons. The van der Waals surface area contributed by atoms with Crippen LogP contribution in [0.15, 0.2) is 24.3 Å². The largest absolute Gasteiger partial charge is 0.367 e. The molecule has 1 aliphatic heterocycles. The highest BCUT2D eigenvalue weighted by Gasteiger charge is 2.33. The van der Waals surface area contributed by atoms with Crippen LogP contribution in [0.4, 0.5) is 5.69 Å². The molecule has 90 valence electrons. The third kappa shape index (κ3) is 2.21. The van der Waals surface area contributed by atoms with Crippen molar-refractivity contribution >= 4 is 11.5 Å². The van der Waals surface area contributed by atoms with Crippen molar-refractivity contribution < 1.29 is 4.79 Å². The molecule has 17 heavy (non-hydrogen) atoms. The number of ketones is 1. The summed E-state index contributed by atoms with van der Waals surface area (Å²) in [6.45, 7) is 2.85. The highest BCUT2D eigenvalue weighted by Crippen LogP contribution is 2.38. The summed E-state index contributed by atoms with van der Waals surface area (Å²) in [6.07, 6.45) is 4.47. The molecular weight excluding hydrogens is 210 g/mol. The van der Waals surface area contributed by atoms with Gasteiger partial charge in [0.25, 0.3) is 0 Å². The highest BCUT2D eigenvalue weighted by atomic mass is 16.1. The fourth-order valence-corrected chi connectivity index (χ4v) is 2.86. The van der Waals surface area contributed by atoms with E-state index in [-0.39, 0.29) is 0 Å². The van der Waals surface area contributed by atoms with Crippen molar-refractivity contribution in [2.75, 3.05) is 11.4 Å². The molecule has 1 saturated carbocycles. The summed E-state index contributed by atoms with van der Waals surface area (Å²) in [5, 5.41) is 0. The molecule has 3 rings (SSSR count). The Bertz CT molecular complexity index is 436. The highest BCUT2D eigenvalue weighted by molar-refractivity contribution is 5.77. The van der Waals surface area contributed by atoms with Crippen LogP contribution in [0.25, 0.3) is 0 Å². The number of hydrogen-bond donors (Lipinski definition) is 0. The van der Waals surface area contributed by atoms with Crippen molar-refractivity contribution in [2.45, 2.75) is 38.6 Å². The molecule has 0 spiro atoms. The first-order chi connectivity index (χ1) is 8.24. The van der Waals surface area contributed by atoms with Crippen molar-refractivity contribution in [1.82, 2.24) is 0 Å². The summed E-state index contributed by atoms with van der Waals surface area (Å²) in [4.78, 5) is 13.9. The summed E-state index contributed by atoms with van der Waals surface area (Å²) in [5.74, 6) is 1.18. The Balaban J connectivity index is 1.83. The number of carbonyl (C=O) groups is 1. The number of benzene rings is 1. The Morgan fingerprint density at radius 2 is 2.12 bits per heavy atom. The average Bonchev–Trinajstić information content (AvgIpc) is 3.03. The summed E-state index contributed by atoms with van der Waals surface area (Å²) < 4.78 is 0. The van der Waals surface area contributed by atoms with Gasteiger partial charge in [0.15, 0.2) is 0 Å². The lowest BCUT2D eigenvalue weighted by Crippen LogP contribution is -2.35. The van der Waals surface area contributed by atoms with Crippen LogP contribution < -0.4 is 4.90 Å². The average molecular weight is 229 g/mol. The molecule has 2 aliphatic rings. The molecule has 0 N–H and O–H groups in total. The molecule has 2 heteroatoms. The van der Waals surface area contributed by atoms with Crippen LogP contribution in [0.1, 0.15) is 31.7 Å². The van der Waals surface area contributed by atoms with E-state index in [2.05, 4.69) is 29.2 Å². The zero-order valence-corrected chi connectivity index (χ0v) is 10.4. The van der Waals surface area contributed by atoms with Gasteiger partial charge in [-0.3, -0.25) is 4.79 Å². The molecule has 1 fully saturated rings. The number of hydrogen-bond acceptors (Lipinski definition) is 2. The number of para-hydroxylation sites is 1. The van der Waals surface area contributed by atoms with Crippen molar-refractivity contribution in [1.29, 1.82) is 0 Å². The summed E-state index contributed by atoms with van der Waals surface area (Å²) in [7, 11) is 0. The number of fused-ring (bicyclic) bond motifs is 1. The van der Waals surface area contributed by atoms with Crippen LogP contribution in [0.5, 0.6) is 0 Å². The minimum Gasteiger partial charge on any atom is -0.367 e. The van der Waals surface area contributed by atoms with E-state index < -0.39 is 0 Å². The van der Waals surface area contributed by atoms with E-state index in [1.165, 1.54) is 24.1 Å².